The second-order valence-corrected chi connectivity index (χ2v) is 3.12. The second-order valence-electron chi connectivity index (χ2n) is 3.12. The number of esters is 1. The molecule has 2 heterocycles. The SMILES string of the molecule is COC(=O)c1cc(C)c2c(=O)[nH][nH]c2n1. The number of aromatic amines is 2. The maximum Gasteiger partial charge on any atom is 0.356 e. The first-order chi connectivity index (χ1) is 7.13. The van der Waals surface area contributed by atoms with Crippen LogP contribution in [0.2, 0.25) is 0 Å². The van der Waals surface area contributed by atoms with Crippen molar-refractivity contribution in [2.24, 2.45) is 0 Å². The number of nitrogens with zero attached hydrogens (tertiary/aromatic N) is 1. The molecular weight excluding hydrogens is 198 g/mol. The van der Waals surface area contributed by atoms with Crippen LogP contribution in [0.15, 0.2) is 10.9 Å². The molecule has 2 aromatic heterocycles. The van der Waals surface area contributed by atoms with Gasteiger partial charge in [0.05, 0.1) is 12.5 Å². The van der Waals surface area contributed by atoms with E-state index in [0.717, 1.165) is 0 Å². The Kier molecular flexibility index (Phi) is 2.03. The fourth-order valence-corrected chi connectivity index (χ4v) is 1.44. The number of rotatable bonds is 1. The molecule has 0 bridgehead atoms. The molecule has 2 aromatic rings. The number of aromatic nitrogens is 3. The Hall–Kier alpha value is -2.11. The maximum absolute atomic E-state index is 11.3. The van der Waals surface area contributed by atoms with Gasteiger partial charge in [-0.15, -0.1) is 0 Å². The van der Waals surface area contributed by atoms with Crippen molar-refractivity contribution < 1.29 is 9.53 Å². The van der Waals surface area contributed by atoms with Crippen molar-refractivity contribution in [2.75, 3.05) is 7.11 Å². The highest BCUT2D eigenvalue weighted by Crippen LogP contribution is 2.12. The monoisotopic (exact) mass is 207 g/mol. The summed E-state index contributed by atoms with van der Waals surface area (Å²) in [6, 6.07) is 1.53. The zero-order valence-electron chi connectivity index (χ0n) is 8.25. The molecule has 6 nitrogen and oxygen atoms in total. The minimum atomic E-state index is -0.526. The van der Waals surface area contributed by atoms with Crippen LogP contribution in [-0.2, 0) is 4.74 Å². The molecule has 0 spiro atoms. The molecule has 0 fully saturated rings. The number of methoxy groups -OCH3 is 1. The van der Waals surface area contributed by atoms with E-state index in [0.29, 0.717) is 16.6 Å². The molecule has 2 rings (SSSR count). The van der Waals surface area contributed by atoms with Crippen LogP contribution in [0.3, 0.4) is 0 Å². The molecular formula is C9H9N3O3. The minimum absolute atomic E-state index is 0.178. The highest BCUT2D eigenvalue weighted by atomic mass is 16.5. The predicted molar refractivity (Wildman–Crippen MR) is 52.8 cm³/mol. The molecule has 78 valence electrons. The molecule has 0 aliphatic heterocycles. The molecule has 15 heavy (non-hydrogen) atoms. The third-order valence-electron chi connectivity index (χ3n) is 2.13. The highest BCUT2D eigenvalue weighted by molar-refractivity contribution is 5.91. The number of H-pyrrole nitrogens is 2. The summed E-state index contributed by atoms with van der Waals surface area (Å²) in [5.41, 5.74) is 0.979. The summed E-state index contributed by atoms with van der Waals surface area (Å²) in [4.78, 5) is 26.5. The largest absolute Gasteiger partial charge is 0.464 e. The molecule has 6 heteroatoms. The lowest BCUT2D eigenvalue weighted by atomic mass is 10.2. The average molecular weight is 207 g/mol. The molecule has 0 saturated carbocycles. The molecule has 0 radical (unpaired) electrons. The number of hydrogen-bond donors (Lipinski definition) is 2. The van der Waals surface area contributed by atoms with Crippen LogP contribution in [0.4, 0.5) is 0 Å². The molecule has 0 unspecified atom stereocenters. The molecule has 2 N–H and O–H groups in total. The van der Waals surface area contributed by atoms with Crippen molar-refractivity contribution in [3.63, 3.8) is 0 Å². The van der Waals surface area contributed by atoms with Gasteiger partial charge in [-0.1, -0.05) is 0 Å². The average Bonchev–Trinajstić information content (AvgIpc) is 2.59. The number of pyridine rings is 1. The third kappa shape index (κ3) is 1.39. The van der Waals surface area contributed by atoms with Crippen molar-refractivity contribution >= 4 is 17.0 Å². The zero-order chi connectivity index (χ0) is 11.0. The Labute approximate surface area is 84.3 Å². The summed E-state index contributed by atoms with van der Waals surface area (Å²) in [5.74, 6) is -0.526. The van der Waals surface area contributed by atoms with Crippen LogP contribution < -0.4 is 5.56 Å². The van der Waals surface area contributed by atoms with Crippen molar-refractivity contribution in [3.05, 3.63) is 27.7 Å². The first-order valence-electron chi connectivity index (χ1n) is 4.30. The summed E-state index contributed by atoms with van der Waals surface area (Å²) in [6.07, 6.45) is 0. The molecule has 0 aromatic carbocycles. The second kappa shape index (κ2) is 3.23. The van der Waals surface area contributed by atoms with Crippen molar-refractivity contribution in [1.82, 2.24) is 15.2 Å². The number of ether oxygens (including phenoxy) is 1. The van der Waals surface area contributed by atoms with Gasteiger partial charge in [0.25, 0.3) is 5.56 Å². The quantitative estimate of drug-likeness (QED) is 0.660. The molecule has 0 aliphatic rings. The molecule has 0 aliphatic carbocycles. The van der Waals surface area contributed by atoms with Gasteiger partial charge in [0.15, 0.2) is 11.3 Å². The molecule has 0 saturated heterocycles. The first kappa shape index (κ1) is 9.45. The van der Waals surface area contributed by atoms with E-state index in [1.54, 1.807) is 6.92 Å². The van der Waals surface area contributed by atoms with Gasteiger partial charge in [0.1, 0.15) is 0 Å². The summed E-state index contributed by atoms with van der Waals surface area (Å²) < 4.78 is 4.54. The van der Waals surface area contributed by atoms with Gasteiger partial charge >= 0.3 is 5.97 Å². The zero-order valence-corrected chi connectivity index (χ0v) is 8.25. The number of nitrogens with one attached hydrogen (secondary N) is 2. The van der Waals surface area contributed by atoms with Gasteiger partial charge in [-0.05, 0) is 18.6 Å². The smallest absolute Gasteiger partial charge is 0.356 e. The van der Waals surface area contributed by atoms with Crippen LogP contribution in [0, 0.1) is 6.92 Å². The minimum Gasteiger partial charge on any atom is -0.464 e. The normalized spacial score (nSPS) is 10.5. The first-order valence-corrected chi connectivity index (χ1v) is 4.30. The lowest BCUT2D eigenvalue weighted by Gasteiger charge is -1.99. The van der Waals surface area contributed by atoms with Gasteiger partial charge in [0.2, 0.25) is 0 Å². The molecule has 0 atom stereocenters. The van der Waals surface area contributed by atoms with Gasteiger partial charge < -0.3 is 4.74 Å². The van der Waals surface area contributed by atoms with E-state index in [1.165, 1.54) is 13.2 Å². The van der Waals surface area contributed by atoms with Crippen molar-refractivity contribution in [3.8, 4) is 0 Å². The fourth-order valence-electron chi connectivity index (χ4n) is 1.44. The van der Waals surface area contributed by atoms with E-state index >= 15 is 0 Å². The van der Waals surface area contributed by atoms with Crippen LogP contribution >= 0.6 is 0 Å². The lowest BCUT2D eigenvalue weighted by Crippen LogP contribution is -2.06. The van der Waals surface area contributed by atoms with E-state index in [9.17, 15) is 9.59 Å². The van der Waals surface area contributed by atoms with E-state index in [-0.39, 0.29) is 11.3 Å². The Morgan fingerprint density at radius 1 is 1.47 bits per heavy atom. The third-order valence-corrected chi connectivity index (χ3v) is 2.13. The van der Waals surface area contributed by atoms with Gasteiger partial charge in [-0.3, -0.25) is 15.0 Å². The topological polar surface area (TPSA) is 87.8 Å². The van der Waals surface area contributed by atoms with E-state index in [1.807, 2.05) is 0 Å². The number of fused-ring (bicyclic) bond motifs is 1. The summed E-state index contributed by atoms with van der Waals surface area (Å²) in [5, 5.41) is 5.46. The number of aryl methyl sites for hydroxylation is 1. The summed E-state index contributed by atoms with van der Waals surface area (Å²) in [7, 11) is 1.28. The fraction of sp³-hybridized carbons (Fsp3) is 0.222. The Bertz CT molecular complexity index is 582. The van der Waals surface area contributed by atoms with Crippen LogP contribution in [0.1, 0.15) is 16.1 Å². The molecule has 0 amide bonds. The highest BCUT2D eigenvalue weighted by Gasteiger charge is 2.13. The van der Waals surface area contributed by atoms with Crippen molar-refractivity contribution in [2.45, 2.75) is 6.92 Å². The van der Waals surface area contributed by atoms with Gasteiger partial charge in [0, 0.05) is 0 Å². The number of carbonyl (C=O) groups is 1. The van der Waals surface area contributed by atoms with Gasteiger partial charge in [-0.2, -0.15) is 0 Å². The lowest BCUT2D eigenvalue weighted by molar-refractivity contribution is 0.0594. The predicted octanol–water partition coefficient (Wildman–Crippen LogP) is 0.346. The Morgan fingerprint density at radius 3 is 2.87 bits per heavy atom. The van der Waals surface area contributed by atoms with E-state index in [2.05, 4.69) is 19.9 Å². The van der Waals surface area contributed by atoms with Gasteiger partial charge in [-0.25, -0.2) is 9.78 Å². The Morgan fingerprint density at radius 2 is 2.20 bits per heavy atom. The maximum atomic E-state index is 11.3. The number of carbonyl (C=O) groups excluding carboxylic acids is 1. The number of hydrogen-bond acceptors (Lipinski definition) is 4. The summed E-state index contributed by atoms with van der Waals surface area (Å²) in [6.45, 7) is 1.74. The van der Waals surface area contributed by atoms with Crippen molar-refractivity contribution in [1.29, 1.82) is 0 Å². The van der Waals surface area contributed by atoms with E-state index < -0.39 is 5.97 Å². The summed E-state index contributed by atoms with van der Waals surface area (Å²) >= 11 is 0. The Balaban J connectivity index is 2.74. The van der Waals surface area contributed by atoms with Crippen LogP contribution in [0.25, 0.3) is 11.0 Å². The van der Waals surface area contributed by atoms with E-state index in [4.69, 9.17) is 0 Å². The van der Waals surface area contributed by atoms with Crippen LogP contribution in [-0.4, -0.2) is 28.3 Å². The van der Waals surface area contributed by atoms with Crippen LogP contribution in [0.5, 0.6) is 0 Å². The standard InChI is InChI=1S/C9H9N3O3/c1-4-3-5(9(14)15-2)10-7-6(4)8(13)12-11-7/h3H,1-2H3,(H2,10,11,12,13).